The molecule has 0 aromatic heterocycles. The number of nitrogens with zero attached hydrogens (tertiary/aromatic N) is 1. The fourth-order valence-electron chi connectivity index (χ4n) is 3.07. The number of ether oxygens (including phenoxy) is 3. The van der Waals surface area contributed by atoms with E-state index in [9.17, 15) is 4.79 Å². The molecule has 0 spiro atoms. The Bertz CT molecular complexity index is 840. The summed E-state index contributed by atoms with van der Waals surface area (Å²) in [5.74, 6) is 1.13. The van der Waals surface area contributed by atoms with E-state index in [0.29, 0.717) is 11.5 Å². The first kappa shape index (κ1) is 20.7. The van der Waals surface area contributed by atoms with E-state index < -0.39 is 0 Å². The van der Waals surface area contributed by atoms with Gasteiger partial charge < -0.3 is 24.4 Å². The van der Waals surface area contributed by atoms with Crippen LogP contribution >= 0.6 is 0 Å². The number of hydrogen-bond donors (Lipinski definition) is 1. The van der Waals surface area contributed by atoms with Gasteiger partial charge in [0.2, 0.25) is 5.91 Å². The molecule has 0 saturated carbocycles. The number of rotatable bonds is 7. The normalized spacial score (nSPS) is 14.3. The molecule has 6 heteroatoms. The highest BCUT2D eigenvalue weighted by Gasteiger charge is 2.11. The van der Waals surface area contributed by atoms with E-state index in [-0.39, 0.29) is 12.0 Å². The van der Waals surface area contributed by atoms with Crippen molar-refractivity contribution in [1.29, 1.82) is 0 Å². The summed E-state index contributed by atoms with van der Waals surface area (Å²) in [4.78, 5) is 14.5. The minimum absolute atomic E-state index is 0.0608. The van der Waals surface area contributed by atoms with Crippen molar-refractivity contribution in [3.05, 3.63) is 54.1 Å². The molecule has 1 aliphatic rings. The van der Waals surface area contributed by atoms with Crippen LogP contribution in [0, 0.1) is 0 Å². The Balaban J connectivity index is 1.59. The molecule has 1 saturated heterocycles. The van der Waals surface area contributed by atoms with Crippen molar-refractivity contribution in [2.75, 3.05) is 43.6 Å². The second-order valence-corrected chi connectivity index (χ2v) is 7.05. The Labute approximate surface area is 172 Å². The largest absolute Gasteiger partial charge is 0.493 e. The molecule has 1 N–H and O–H groups in total. The van der Waals surface area contributed by atoms with Crippen LogP contribution in [-0.2, 0) is 9.53 Å². The topological polar surface area (TPSA) is 60.0 Å². The average Bonchev–Trinajstić information content (AvgIpc) is 2.74. The van der Waals surface area contributed by atoms with Crippen LogP contribution in [-0.4, -0.2) is 45.4 Å². The summed E-state index contributed by atoms with van der Waals surface area (Å²) in [6.07, 6.45) is 3.32. The van der Waals surface area contributed by atoms with Gasteiger partial charge in [-0.25, -0.2) is 0 Å². The van der Waals surface area contributed by atoms with Crippen molar-refractivity contribution >= 4 is 23.4 Å². The summed E-state index contributed by atoms with van der Waals surface area (Å²) in [7, 11) is 1.60. The molecule has 29 heavy (non-hydrogen) atoms. The SMILES string of the molecule is COc1cc(C=CC(=O)Nc2ccc(N3CCOCC3)cc2)ccc1OC(C)C. The average molecular weight is 396 g/mol. The van der Waals surface area contributed by atoms with Crippen LogP contribution in [0.4, 0.5) is 11.4 Å². The van der Waals surface area contributed by atoms with Crippen molar-refractivity contribution in [2.24, 2.45) is 0 Å². The Hall–Kier alpha value is -2.99. The van der Waals surface area contributed by atoms with Crippen LogP contribution in [0.15, 0.2) is 48.5 Å². The predicted molar refractivity (Wildman–Crippen MR) is 116 cm³/mol. The molecule has 3 rings (SSSR count). The van der Waals surface area contributed by atoms with Gasteiger partial charge in [0.15, 0.2) is 11.5 Å². The minimum Gasteiger partial charge on any atom is -0.493 e. The molecule has 2 aromatic carbocycles. The second-order valence-electron chi connectivity index (χ2n) is 7.05. The lowest BCUT2D eigenvalue weighted by Crippen LogP contribution is -2.36. The van der Waals surface area contributed by atoms with E-state index in [1.807, 2.05) is 56.3 Å². The molecule has 1 fully saturated rings. The van der Waals surface area contributed by atoms with Gasteiger partial charge in [-0.3, -0.25) is 4.79 Å². The molecular formula is C23H28N2O4. The number of carbonyl (C=O) groups excluding carboxylic acids is 1. The van der Waals surface area contributed by atoms with Gasteiger partial charge in [-0.1, -0.05) is 6.07 Å². The monoisotopic (exact) mass is 396 g/mol. The second kappa shape index (κ2) is 9.98. The quantitative estimate of drug-likeness (QED) is 0.718. The van der Waals surface area contributed by atoms with Crippen molar-refractivity contribution in [3.63, 3.8) is 0 Å². The van der Waals surface area contributed by atoms with Gasteiger partial charge in [0.05, 0.1) is 26.4 Å². The van der Waals surface area contributed by atoms with Crippen LogP contribution in [0.5, 0.6) is 11.5 Å². The third-order valence-electron chi connectivity index (χ3n) is 4.49. The Kier molecular flexibility index (Phi) is 7.14. The van der Waals surface area contributed by atoms with Crippen molar-refractivity contribution in [3.8, 4) is 11.5 Å². The molecule has 1 amide bonds. The highest BCUT2D eigenvalue weighted by molar-refractivity contribution is 6.02. The van der Waals surface area contributed by atoms with E-state index in [2.05, 4.69) is 10.2 Å². The zero-order valence-electron chi connectivity index (χ0n) is 17.2. The van der Waals surface area contributed by atoms with Crippen LogP contribution in [0.3, 0.4) is 0 Å². The van der Waals surface area contributed by atoms with Crippen LogP contribution in [0.2, 0.25) is 0 Å². The molecule has 0 aliphatic carbocycles. The Morgan fingerprint density at radius 1 is 1.10 bits per heavy atom. The maximum atomic E-state index is 12.3. The highest BCUT2D eigenvalue weighted by Crippen LogP contribution is 2.29. The summed E-state index contributed by atoms with van der Waals surface area (Å²) in [5, 5.41) is 2.88. The van der Waals surface area contributed by atoms with Gasteiger partial charge in [-0.2, -0.15) is 0 Å². The summed E-state index contributed by atoms with van der Waals surface area (Å²) in [6.45, 7) is 7.20. The third-order valence-corrected chi connectivity index (χ3v) is 4.49. The molecule has 0 radical (unpaired) electrons. The van der Waals surface area contributed by atoms with Gasteiger partial charge >= 0.3 is 0 Å². The van der Waals surface area contributed by atoms with E-state index in [1.54, 1.807) is 13.2 Å². The summed E-state index contributed by atoms with van der Waals surface area (Å²) >= 11 is 0. The van der Waals surface area contributed by atoms with Crippen molar-refractivity contribution in [2.45, 2.75) is 20.0 Å². The lowest BCUT2D eigenvalue weighted by Gasteiger charge is -2.28. The molecule has 154 valence electrons. The number of benzene rings is 2. The van der Waals surface area contributed by atoms with E-state index in [4.69, 9.17) is 14.2 Å². The standard InChI is InChI=1S/C23H28N2O4/c1-17(2)29-21-10-4-18(16-22(21)27-3)5-11-23(26)24-19-6-8-20(9-7-19)25-12-14-28-15-13-25/h4-11,16-17H,12-15H2,1-3H3,(H,24,26). The number of carbonyl (C=O) groups is 1. The summed E-state index contributed by atoms with van der Waals surface area (Å²) in [5.41, 5.74) is 2.75. The van der Waals surface area contributed by atoms with Gasteiger partial charge in [-0.15, -0.1) is 0 Å². The first-order chi connectivity index (χ1) is 14.0. The summed E-state index contributed by atoms with van der Waals surface area (Å²) in [6, 6.07) is 13.4. The lowest BCUT2D eigenvalue weighted by molar-refractivity contribution is -0.111. The molecule has 0 bridgehead atoms. The number of hydrogen-bond acceptors (Lipinski definition) is 5. The first-order valence-corrected chi connectivity index (χ1v) is 9.81. The molecule has 0 unspecified atom stereocenters. The fourth-order valence-corrected chi connectivity index (χ4v) is 3.07. The zero-order chi connectivity index (χ0) is 20.6. The number of nitrogens with one attached hydrogen (secondary N) is 1. The van der Waals surface area contributed by atoms with Crippen LogP contribution in [0.1, 0.15) is 19.4 Å². The van der Waals surface area contributed by atoms with Gasteiger partial charge in [-0.05, 0) is 61.9 Å². The Morgan fingerprint density at radius 3 is 2.48 bits per heavy atom. The fraction of sp³-hybridized carbons (Fsp3) is 0.348. The van der Waals surface area contributed by atoms with Crippen LogP contribution in [0.25, 0.3) is 6.08 Å². The van der Waals surface area contributed by atoms with E-state index in [0.717, 1.165) is 43.2 Å². The number of morpholine rings is 1. The molecular weight excluding hydrogens is 368 g/mol. The van der Waals surface area contributed by atoms with E-state index in [1.165, 1.54) is 6.08 Å². The minimum atomic E-state index is -0.189. The van der Waals surface area contributed by atoms with E-state index >= 15 is 0 Å². The zero-order valence-corrected chi connectivity index (χ0v) is 17.2. The van der Waals surface area contributed by atoms with Gasteiger partial charge in [0, 0.05) is 30.5 Å². The number of amides is 1. The number of methoxy groups -OCH3 is 1. The van der Waals surface area contributed by atoms with Gasteiger partial charge in [0.1, 0.15) is 0 Å². The predicted octanol–water partition coefficient (Wildman–Crippen LogP) is 3.97. The van der Waals surface area contributed by atoms with Crippen molar-refractivity contribution in [1.82, 2.24) is 0 Å². The Morgan fingerprint density at radius 2 is 1.83 bits per heavy atom. The molecule has 1 aliphatic heterocycles. The molecule has 1 heterocycles. The third kappa shape index (κ3) is 5.99. The lowest BCUT2D eigenvalue weighted by atomic mass is 10.2. The van der Waals surface area contributed by atoms with Crippen LogP contribution < -0.4 is 19.7 Å². The maximum absolute atomic E-state index is 12.3. The summed E-state index contributed by atoms with van der Waals surface area (Å²) < 4.78 is 16.5. The molecule has 0 atom stereocenters. The molecule has 2 aromatic rings. The van der Waals surface area contributed by atoms with Gasteiger partial charge in [0.25, 0.3) is 0 Å². The first-order valence-electron chi connectivity index (χ1n) is 9.81. The number of anilines is 2. The van der Waals surface area contributed by atoms with Crippen molar-refractivity contribution < 1.29 is 19.0 Å². The highest BCUT2D eigenvalue weighted by atomic mass is 16.5. The molecule has 6 nitrogen and oxygen atoms in total. The maximum Gasteiger partial charge on any atom is 0.248 e. The smallest absolute Gasteiger partial charge is 0.248 e.